The van der Waals surface area contributed by atoms with Gasteiger partial charge in [0, 0.05) is 36.1 Å². The molecule has 1 aromatic carbocycles. The van der Waals surface area contributed by atoms with E-state index in [1.165, 1.54) is 0 Å². The maximum Gasteiger partial charge on any atom is 0.246 e. The third-order valence-corrected chi connectivity index (χ3v) is 4.20. The lowest BCUT2D eigenvalue weighted by molar-refractivity contribution is -0.114. The minimum Gasteiger partial charge on any atom is -0.357 e. The van der Waals surface area contributed by atoms with Gasteiger partial charge in [0.2, 0.25) is 5.91 Å². The summed E-state index contributed by atoms with van der Waals surface area (Å²) in [7, 11) is 0. The van der Waals surface area contributed by atoms with Crippen molar-refractivity contribution in [2.45, 2.75) is 20.3 Å². The van der Waals surface area contributed by atoms with Crippen LogP contribution >= 0.6 is 11.3 Å². The zero-order chi connectivity index (χ0) is 18.8. The van der Waals surface area contributed by atoms with Crippen LogP contribution in [-0.2, 0) is 11.2 Å². The molecule has 7 heteroatoms. The van der Waals surface area contributed by atoms with E-state index in [4.69, 9.17) is 6.42 Å². The van der Waals surface area contributed by atoms with Crippen LogP contribution < -0.4 is 16.0 Å². The van der Waals surface area contributed by atoms with Gasteiger partial charge in [0.15, 0.2) is 5.96 Å². The van der Waals surface area contributed by atoms with Gasteiger partial charge in [-0.15, -0.1) is 17.8 Å². The molecule has 26 heavy (non-hydrogen) atoms. The van der Waals surface area contributed by atoms with Crippen molar-refractivity contribution in [1.29, 1.82) is 0 Å². The fourth-order valence-electron chi connectivity index (χ4n) is 2.21. The molecule has 0 unspecified atom stereocenters. The van der Waals surface area contributed by atoms with Crippen LogP contribution in [0.25, 0.3) is 0 Å². The van der Waals surface area contributed by atoms with Crippen LogP contribution in [0.15, 0.2) is 34.6 Å². The third-order valence-electron chi connectivity index (χ3n) is 3.38. The van der Waals surface area contributed by atoms with E-state index < -0.39 is 0 Å². The van der Waals surface area contributed by atoms with Gasteiger partial charge >= 0.3 is 0 Å². The van der Waals surface area contributed by atoms with E-state index in [2.05, 4.69) is 37.2 Å². The molecule has 3 N–H and O–H groups in total. The zero-order valence-electron chi connectivity index (χ0n) is 15.0. The second kappa shape index (κ2) is 10.2. The van der Waals surface area contributed by atoms with Crippen molar-refractivity contribution >= 4 is 28.9 Å². The molecule has 1 aromatic heterocycles. The van der Waals surface area contributed by atoms with Crippen LogP contribution in [0.4, 0.5) is 5.69 Å². The summed E-state index contributed by atoms with van der Waals surface area (Å²) in [4.78, 5) is 20.8. The number of terminal acetylenes is 1. The average molecular weight is 369 g/mol. The molecular formula is C19H23N5OS. The zero-order valence-corrected chi connectivity index (χ0v) is 15.8. The average Bonchev–Trinajstić information content (AvgIpc) is 3.05. The number of nitrogens with one attached hydrogen (secondary N) is 3. The van der Waals surface area contributed by atoms with E-state index in [0.29, 0.717) is 24.7 Å². The SMILES string of the molecule is C#Cc1cccc(NC(=O)CN=C(NCC)NCCc2csc(C)n2)c1. The Balaban J connectivity index is 1.84. The van der Waals surface area contributed by atoms with Crippen LogP contribution in [0.3, 0.4) is 0 Å². The topological polar surface area (TPSA) is 78.4 Å². The molecule has 0 spiro atoms. The highest BCUT2D eigenvalue weighted by molar-refractivity contribution is 7.09. The smallest absolute Gasteiger partial charge is 0.246 e. The van der Waals surface area contributed by atoms with Gasteiger partial charge in [-0.25, -0.2) is 9.98 Å². The van der Waals surface area contributed by atoms with Gasteiger partial charge in [-0.05, 0) is 32.0 Å². The van der Waals surface area contributed by atoms with E-state index in [0.717, 1.165) is 22.7 Å². The predicted octanol–water partition coefficient (Wildman–Crippen LogP) is 2.17. The second-order valence-electron chi connectivity index (χ2n) is 5.50. The third kappa shape index (κ3) is 6.57. The quantitative estimate of drug-likeness (QED) is 0.397. The summed E-state index contributed by atoms with van der Waals surface area (Å²) < 4.78 is 0. The van der Waals surface area contributed by atoms with Crippen LogP contribution in [0.2, 0.25) is 0 Å². The number of aliphatic imine (C=N–C) groups is 1. The number of anilines is 1. The van der Waals surface area contributed by atoms with Crippen LogP contribution in [0.1, 0.15) is 23.2 Å². The first-order chi connectivity index (χ1) is 12.6. The molecule has 136 valence electrons. The fourth-order valence-corrected chi connectivity index (χ4v) is 2.86. The fraction of sp³-hybridized carbons (Fsp3) is 0.316. The number of guanidine groups is 1. The normalized spacial score (nSPS) is 10.9. The Hall–Kier alpha value is -2.85. The molecule has 0 bridgehead atoms. The molecule has 0 aliphatic rings. The van der Waals surface area contributed by atoms with Crippen molar-refractivity contribution in [2.24, 2.45) is 4.99 Å². The number of benzene rings is 1. The maximum absolute atomic E-state index is 12.1. The molecule has 0 aliphatic heterocycles. The Labute approximate surface area is 158 Å². The van der Waals surface area contributed by atoms with Crippen molar-refractivity contribution in [3.8, 4) is 12.3 Å². The molecular weight excluding hydrogens is 346 g/mol. The highest BCUT2D eigenvalue weighted by Gasteiger charge is 2.04. The predicted molar refractivity (Wildman–Crippen MR) is 108 cm³/mol. The number of hydrogen-bond acceptors (Lipinski definition) is 4. The number of nitrogens with zero attached hydrogens (tertiary/aromatic N) is 2. The number of thiazole rings is 1. The Bertz CT molecular complexity index is 806. The van der Waals surface area contributed by atoms with Crippen molar-refractivity contribution in [2.75, 3.05) is 25.0 Å². The number of amides is 1. The van der Waals surface area contributed by atoms with E-state index in [-0.39, 0.29) is 12.5 Å². The summed E-state index contributed by atoms with van der Waals surface area (Å²) in [6, 6.07) is 7.16. The number of hydrogen-bond donors (Lipinski definition) is 3. The van der Waals surface area contributed by atoms with Gasteiger partial charge in [-0.3, -0.25) is 4.79 Å². The maximum atomic E-state index is 12.1. The Morgan fingerprint density at radius 3 is 2.92 bits per heavy atom. The Morgan fingerprint density at radius 2 is 2.23 bits per heavy atom. The van der Waals surface area contributed by atoms with Crippen molar-refractivity contribution in [3.63, 3.8) is 0 Å². The summed E-state index contributed by atoms with van der Waals surface area (Å²) >= 11 is 1.64. The summed E-state index contributed by atoms with van der Waals surface area (Å²) in [5, 5.41) is 12.2. The first-order valence-corrected chi connectivity index (χ1v) is 9.28. The lowest BCUT2D eigenvalue weighted by Crippen LogP contribution is -2.39. The molecule has 2 rings (SSSR count). The Kier molecular flexibility index (Phi) is 7.65. The van der Waals surface area contributed by atoms with Crippen LogP contribution in [0, 0.1) is 19.3 Å². The van der Waals surface area contributed by atoms with Gasteiger partial charge in [0.25, 0.3) is 0 Å². The standard InChI is InChI=1S/C19H23N5OS/c1-4-15-7-6-8-16(11-15)24-18(25)12-22-19(20-5-2)21-10-9-17-13-26-14(3)23-17/h1,6-8,11,13H,5,9-10,12H2,2-3H3,(H,24,25)(H2,20,21,22). The highest BCUT2D eigenvalue weighted by Crippen LogP contribution is 2.09. The van der Waals surface area contributed by atoms with E-state index in [9.17, 15) is 4.79 Å². The summed E-state index contributed by atoms with van der Waals surface area (Å²) in [6.45, 7) is 5.40. The number of carbonyl (C=O) groups excluding carboxylic acids is 1. The second-order valence-corrected chi connectivity index (χ2v) is 6.57. The van der Waals surface area contributed by atoms with Crippen molar-refractivity contribution in [1.82, 2.24) is 15.6 Å². The van der Waals surface area contributed by atoms with Gasteiger partial charge in [0.1, 0.15) is 6.54 Å². The molecule has 2 aromatic rings. The molecule has 0 saturated heterocycles. The van der Waals surface area contributed by atoms with Gasteiger partial charge < -0.3 is 16.0 Å². The van der Waals surface area contributed by atoms with E-state index >= 15 is 0 Å². The molecule has 1 amide bonds. The minimum absolute atomic E-state index is 0.0193. The number of aryl methyl sites for hydroxylation is 1. The van der Waals surface area contributed by atoms with Gasteiger partial charge in [-0.2, -0.15) is 0 Å². The molecule has 0 fully saturated rings. The molecule has 6 nitrogen and oxygen atoms in total. The number of rotatable bonds is 7. The monoisotopic (exact) mass is 369 g/mol. The molecule has 0 radical (unpaired) electrons. The lowest BCUT2D eigenvalue weighted by atomic mass is 10.2. The minimum atomic E-state index is -0.202. The number of aromatic nitrogens is 1. The summed E-state index contributed by atoms with van der Waals surface area (Å²) in [6.07, 6.45) is 6.17. The van der Waals surface area contributed by atoms with Crippen LogP contribution in [0.5, 0.6) is 0 Å². The summed E-state index contributed by atoms with van der Waals surface area (Å²) in [5.41, 5.74) is 2.44. The highest BCUT2D eigenvalue weighted by atomic mass is 32.1. The van der Waals surface area contributed by atoms with E-state index in [1.807, 2.05) is 19.9 Å². The van der Waals surface area contributed by atoms with Gasteiger partial charge in [0.05, 0.1) is 10.7 Å². The molecule has 0 atom stereocenters. The summed E-state index contributed by atoms with van der Waals surface area (Å²) in [5.74, 6) is 2.94. The number of carbonyl (C=O) groups is 1. The molecule has 0 aliphatic carbocycles. The largest absolute Gasteiger partial charge is 0.357 e. The van der Waals surface area contributed by atoms with Crippen molar-refractivity contribution < 1.29 is 4.79 Å². The van der Waals surface area contributed by atoms with Crippen LogP contribution in [-0.4, -0.2) is 36.5 Å². The first-order valence-electron chi connectivity index (χ1n) is 8.40. The molecule has 0 saturated carbocycles. The van der Waals surface area contributed by atoms with Gasteiger partial charge in [-0.1, -0.05) is 12.0 Å². The first kappa shape index (κ1) is 19.5. The molecule has 1 heterocycles. The lowest BCUT2D eigenvalue weighted by Gasteiger charge is -2.11. The van der Waals surface area contributed by atoms with Crippen molar-refractivity contribution in [3.05, 3.63) is 45.9 Å². The van der Waals surface area contributed by atoms with E-state index in [1.54, 1.807) is 29.5 Å². The Morgan fingerprint density at radius 1 is 1.38 bits per heavy atom.